The zero-order valence-corrected chi connectivity index (χ0v) is 33.7. The van der Waals surface area contributed by atoms with Crippen molar-refractivity contribution in [2.75, 3.05) is 26.7 Å². The van der Waals surface area contributed by atoms with Crippen LogP contribution in [0.2, 0.25) is 0 Å². The van der Waals surface area contributed by atoms with E-state index in [-0.39, 0.29) is 54.7 Å². The van der Waals surface area contributed by atoms with E-state index < -0.39 is 23.5 Å². The van der Waals surface area contributed by atoms with E-state index in [1.165, 1.54) is 5.56 Å². The third kappa shape index (κ3) is 10.1. The minimum absolute atomic E-state index is 0.171. The number of carbonyl (C=O) groups excluding carboxylic acids is 5. The van der Waals surface area contributed by atoms with Crippen LogP contribution in [0.4, 0.5) is 0 Å². The number of benzene rings is 2. The van der Waals surface area contributed by atoms with Gasteiger partial charge in [0, 0.05) is 56.2 Å². The number of carbonyl (C=O) groups is 5. The van der Waals surface area contributed by atoms with Gasteiger partial charge in [0.1, 0.15) is 12.1 Å². The summed E-state index contributed by atoms with van der Waals surface area (Å²) < 4.78 is 1.68. The van der Waals surface area contributed by atoms with Crippen LogP contribution in [0.5, 0.6) is 0 Å². The van der Waals surface area contributed by atoms with E-state index in [1.807, 2.05) is 32.9 Å². The standard InChI is InChI=1S/C41H54N12O5/c1-25(42-5)36(54)47-35(41(2,3)4)40(58)52-24-31(21-34(52)39(57)46-33-12-8-10-26-9-6-7-11-32(26)33)53-23-30(49-51-53)18-20-44-38(56)28-15-13-27(14-16-28)37(55)43-19-17-29-22-45-50-48-29/h6-7,9,11,13-16,22-23,25,31,33-35,42H,8,10,12,17-21,24H2,1-5H3,(H,43,55)(H,44,56)(H,46,57)(H,47,54)(H,45,48,50)/t25-,31-,33+,34-,35+/m0/s1. The molecule has 5 amide bonds. The molecule has 0 radical (unpaired) electrons. The first kappa shape index (κ1) is 41.7. The Morgan fingerprint density at radius 1 is 0.931 bits per heavy atom. The molecule has 4 aromatic rings. The number of rotatable bonds is 15. The first-order chi connectivity index (χ1) is 27.8. The van der Waals surface area contributed by atoms with Crippen molar-refractivity contribution < 1.29 is 24.0 Å². The van der Waals surface area contributed by atoms with Gasteiger partial charge in [0.2, 0.25) is 17.7 Å². The van der Waals surface area contributed by atoms with Gasteiger partial charge in [-0.15, -0.1) is 5.10 Å². The van der Waals surface area contributed by atoms with Crippen molar-refractivity contribution >= 4 is 29.5 Å². The van der Waals surface area contributed by atoms with Gasteiger partial charge in [-0.1, -0.05) is 50.3 Å². The highest BCUT2D eigenvalue weighted by molar-refractivity contribution is 5.98. The van der Waals surface area contributed by atoms with Gasteiger partial charge < -0.3 is 31.5 Å². The molecule has 1 fully saturated rings. The van der Waals surface area contributed by atoms with E-state index in [1.54, 1.807) is 60.2 Å². The Morgan fingerprint density at radius 2 is 1.60 bits per heavy atom. The van der Waals surface area contributed by atoms with Gasteiger partial charge in [0.25, 0.3) is 11.8 Å². The molecular weight excluding hydrogens is 741 g/mol. The molecule has 2 aliphatic rings. The first-order valence-electron chi connectivity index (χ1n) is 19.9. The number of hydrogen-bond donors (Lipinski definition) is 6. The second-order valence-electron chi connectivity index (χ2n) is 16.1. The zero-order chi connectivity index (χ0) is 41.4. The van der Waals surface area contributed by atoms with Crippen molar-refractivity contribution in [3.8, 4) is 0 Å². The summed E-state index contributed by atoms with van der Waals surface area (Å²) in [7, 11) is 1.68. The quantitative estimate of drug-likeness (QED) is 0.103. The molecule has 1 aliphatic heterocycles. The maximum atomic E-state index is 14.5. The van der Waals surface area contributed by atoms with Crippen LogP contribution in [0.3, 0.4) is 0 Å². The lowest BCUT2D eigenvalue weighted by molar-refractivity contribution is -0.144. The van der Waals surface area contributed by atoms with Crippen LogP contribution in [-0.4, -0.2) is 110 Å². The molecule has 58 heavy (non-hydrogen) atoms. The molecule has 1 saturated heterocycles. The van der Waals surface area contributed by atoms with Crippen LogP contribution in [0, 0.1) is 5.41 Å². The maximum Gasteiger partial charge on any atom is 0.251 e. The highest BCUT2D eigenvalue weighted by Gasteiger charge is 2.46. The van der Waals surface area contributed by atoms with Gasteiger partial charge in [-0.25, -0.2) is 4.68 Å². The number of amides is 5. The van der Waals surface area contributed by atoms with Crippen molar-refractivity contribution in [2.45, 2.75) is 96.4 Å². The molecule has 0 spiro atoms. The number of aromatic amines is 1. The SMILES string of the molecule is CN[C@@H](C)C(=O)N[C@H](C(=O)N1C[C@@H](n2cc(CCNC(=O)c3ccc(C(=O)NCCc4cn[nH]n4)cc3)nn2)C[C@H]1C(=O)N[C@@H]1CCCc2ccccc21)C(C)(C)C. The molecule has 0 bridgehead atoms. The zero-order valence-electron chi connectivity index (χ0n) is 33.7. The first-order valence-corrected chi connectivity index (χ1v) is 19.9. The number of nitrogens with zero attached hydrogens (tertiary/aromatic N) is 6. The van der Waals surface area contributed by atoms with E-state index in [0.29, 0.717) is 42.6 Å². The highest BCUT2D eigenvalue weighted by Crippen LogP contribution is 2.33. The summed E-state index contributed by atoms with van der Waals surface area (Å²) >= 11 is 0. The molecule has 3 heterocycles. The summed E-state index contributed by atoms with van der Waals surface area (Å²) in [5.74, 6) is -1.45. The predicted octanol–water partition coefficient (Wildman–Crippen LogP) is 1.82. The highest BCUT2D eigenvalue weighted by atomic mass is 16.2. The molecule has 6 rings (SSSR count). The minimum atomic E-state index is -0.889. The molecule has 1 aliphatic carbocycles. The number of aromatic nitrogens is 6. The van der Waals surface area contributed by atoms with Crippen LogP contribution in [0.15, 0.2) is 60.9 Å². The Hall–Kier alpha value is -5.97. The average Bonchev–Trinajstić information content (AvgIpc) is 4.01. The summed E-state index contributed by atoms with van der Waals surface area (Å²) in [5.41, 5.74) is 3.87. The van der Waals surface area contributed by atoms with Crippen LogP contribution >= 0.6 is 0 Å². The Kier molecular flexibility index (Phi) is 13.3. The lowest BCUT2D eigenvalue weighted by Crippen LogP contribution is -2.59. The molecular formula is C41H54N12O5. The topological polar surface area (TPSA) is 221 Å². The van der Waals surface area contributed by atoms with E-state index in [0.717, 1.165) is 30.5 Å². The minimum Gasteiger partial charge on any atom is -0.352 e. The lowest BCUT2D eigenvalue weighted by Gasteiger charge is -2.36. The fourth-order valence-corrected chi connectivity index (χ4v) is 7.42. The Labute approximate surface area is 337 Å². The summed E-state index contributed by atoms with van der Waals surface area (Å²) in [6.45, 7) is 8.27. The monoisotopic (exact) mass is 794 g/mol. The smallest absolute Gasteiger partial charge is 0.251 e. The molecule has 6 N–H and O–H groups in total. The molecule has 0 saturated carbocycles. The fourth-order valence-electron chi connectivity index (χ4n) is 7.42. The van der Waals surface area contributed by atoms with Crippen molar-refractivity contribution in [3.05, 3.63) is 94.6 Å². The average molecular weight is 795 g/mol. The predicted molar refractivity (Wildman–Crippen MR) is 214 cm³/mol. The molecule has 5 atom stereocenters. The number of fused-ring (bicyclic) bond motifs is 1. The summed E-state index contributed by atoms with van der Waals surface area (Å²) in [6, 6.07) is 11.8. The van der Waals surface area contributed by atoms with Crippen molar-refractivity contribution in [1.82, 2.24) is 61.9 Å². The van der Waals surface area contributed by atoms with Crippen LogP contribution in [-0.2, 0) is 33.6 Å². The van der Waals surface area contributed by atoms with Gasteiger partial charge in [0.15, 0.2) is 0 Å². The van der Waals surface area contributed by atoms with Gasteiger partial charge in [-0.05, 0) is 74.0 Å². The Bertz CT molecular complexity index is 2060. The number of hydrogen-bond acceptors (Lipinski definition) is 10. The normalized spacial score (nSPS) is 18.8. The molecule has 17 nitrogen and oxygen atoms in total. The number of nitrogens with one attached hydrogen (secondary N) is 6. The van der Waals surface area contributed by atoms with Gasteiger partial charge in [-0.2, -0.15) is 15.4 Å². The second-order valence-corrected chi connectivity index (χ2v) is 16.1. The van der Waals surface area contributed by atoms with Gasteiger partial charge >= 0.3 is 0 Å². The maximum absolute atomic E-state index is 14.5. The molecule has 2 aromatic heterocycles. The summed E-state index contributed by atoms with van der Waals surface area (Å²) in [5, 5.41) is 33.8. The number of likely N-dealkylation sites (tertiary alicyclic amines) is 1. The Morgan fingerprint density at radius 3 is 2.24 bits per heavy atom. The number of H-pyrrole nitrogens is 1. The van der Waals surface area contributed by atoms with Crippen molar-refractivity contribution in [1.29, 1.82) is 0 Å². The molecule has 2 aromatic carbocycles. The third-order valence-corrected chi connectivity index (χ3v) is 10.9. The summed E-state index contributed by atoms with van der Waals surface area (Å²) in [4.78, 5) is 68.8. The number of aryl methyl sites for hydroxylation is 1. The van der Waals surface area contributed by atoms with Crippen molar-refractivity contribution in [2.24, 2.45) is 5.41 Å². The molecule has 17 heteroatoms. The van der Waals surface area contributed by atoms with E-state index in [9.17, 15) is 24.0 Å². The Balaban J connectivity index is 1.09. The van der Waals surface area contributed by atoms with Gasteiger partial charge in [0.05, 0.1) is 35.7 Å². The van der Waals surface area contributed by atoms with Crippen LogP contribution < -0.4 is 26.6 Å². The van der Waals surface area contributed by atoms with Crippen LogP contribution in [0.1, 0.15) is 102 Å². The van der Waals surface area contributed by atoms with Gasteiger partial charge in [-0.3, -0.25) is 24.0 Å². The number of likely N-dealkylation sites (N-methyl/N-ethyl adjacent to an activating group) is 1. The molecule has 308 valence electrons. The fraction of sp³-hybridized carbons (Fsp3) is 0.488. The third-order valence-electron chi connectivity index (χ3n) is 10.9. The van der Waals surface area contributed by atoms with Crippen LogP contribution in [0.25, 0.3) is 0 Å². The lowest BCUT2D eigenvalue weighted by atomic mass is 9.85. The van der Waals surface area contributed by atoms with E-state index in [2.05, 4.69) is 64.4 Å². The van der Waals surface area contributed by atoms with E-state index in [4.69, 9.17) is 0 Å². The van der Waals surface area contributed by atoms with E-state index >= 15 is 0 Å². The second kappa shape index (κ2) is 18.5. The molecule has 0 unspecified atom stereocenters. The van der Waals surface area contributed by atoms with Crippen molar-refractivity contribution in [3.63, 3.8) is 0 Å². The largest absolute Gasteiger partial charge is 0.352 e. The summed E-state index contributed by atoms with van der Waals surface area (Å²) in [6.07, 6.45) is 7.31.